The standard InChI is InChI=1S/C25H29N9O3/c35-14-16-7-9-33(10-8-16)19-5-1-15(2-6-19)12-26-23-30-21-17(11-20-22(36)31-25(37)29-20)13-27-34(21)24(32-23)28-18-3-4-18/h1-2,5-6,11,13,16,18,35-36H,3-4,7-10,12,14H2,(H,26,28,32)(H2,29,31,37). The Morgan fingerprint density at radius 3 is 2.57 bits per heavy atom. The van der Waals surface area contributed by atoms with Gasteiger partial charge in [-0.05, 0) is 55.4 Å². The number of anilines is 2. The van der Waals surface area contributed by atoms with E-state index >= 15 is 0 Å². The number of hydrogen-bond donors (Lipinski definition) is 5. The number of aromatic nitrogens is 6. The molecule has 1 aliphatic heterocycles. The molecule has 0 unspecified atom stereocenters. The van der Waals surface area contributed by atoms with Gasteiger partial charge in [0.1, 0.15) is 5.69 Å². The third kappa shape index (κ3) is 5.05. The van der Waals surface area contributed by atoms with E-state index in [9.17, 15) is 15.0 Å². The second-order valence-corrected chi connectivity index (χ2v) is 9.66. The van der Waals surface area contributed by atoms with E-state index in [-0.39, 0.29) is 24.2 Å². The van der Waals surface area contributed by atoms with E-state index in [1.807, 2.05) is 0 Å². The van der Waals surface area contributed by atoms with Crippen molar-refractivity contribution in [3.05, 3.63) is 63.0 Å². The van der Waals surface area contributed by atoms with Gasteiger partial charge < -0.3 is 25.4 Å². The molecule has 1 saturated heterocycles. The van der Waals surface area contributed by atoms with Gasteiger partial charge in [-0.1, -0.05) is 12.1 Å². The Bertz CT molecular complexity index is 1580. The summed E-state index contributed by atoms with van der Waals surface area (Å²) in [5.41, 5.74) is 3.00. The lowest BCUT2D eigenvalue weighted by atomic mass is 9.97. The monoisotopic (exact) mass is 503 g/mol. The highest BCUT2D eigenvalue weighted by atomic mass is 16.3. The third-order valence-corrected chi connectivity index (χ3v) is 6.88. The average Bonchev–Trinajstić information content (AvgIpc) is 3.55. The average molecular weight is 504 g/mol. The summed E-state index contributed by atoms with van der Waals surface area (Å²) in [4.78, 5) is 32.7. The summed E-state index contributed by atoms with van der Waals surface area (Å²) >= 11 is 0. The van der Waals surface area contributed by atoms with Crippen molar-refractivity contribution >= 4 is 23.4 Å². The van der Waals surface area contributed by atoms with E-state index in [0.29, 0.717) is 34.9 Å². The zero-order valence-corrected chi connectivity index (χ0v) is 20.3. The lowest BCUT2D eigenvalue weighted by molar-refractivity contribution is 0.203. The Morgan fingerprint density at radius 1 is 1.11 bits per heavy atom. The van der Waals surface area contributed by atoms with Crippen LogP contribution in [0, 0.1) is 5.92 Å². The summed E-state index contributed by atoms with van der Waals surface area (Å²) in [5, 5.41) is 27.6. The van der Waals surface area contributed by atoms with Crippen molar-refractivity contribution in [2.75, 3.05) is 29.9 Å². The van der Waals surface area contributed by atoms with Gasteiger partial charge in [-0.2, -0.15) is 19.6 Å². The number of aromatic hydroxyl groups is 1. The smallest absolute Gasteiger partial charge is 0.326 e. The van der Waals surface area contributed by atoms with E-state index in [1.54, 1.807) is 16.8 Å². The maximum atomic E-state index is 11.5. The Hall–Kier alpha value is -4.19. The van der Waals surface area contributed by atoms with Gasteiger partial charge in [-0.3, -0.25) is 4.98 Å². The molecule has 0 spiro atoms. The summed E-state index contributed by atoms with van der Waals surface area (Å²) < 4.78 is 1.58. The van der Waals surface area contributed by atoms with Gasteiger partial charge in [-0.25, -0.2) is 9.79 Å². The van der Waals surface area contributed by atoms with Crippen molar-refractivity contribution in [1.82, 2.24) is 29.5 Å². The van der Waals surface area contributed by atoms with Crippen LogP contribution < -0.4 is 26.7 Å². The number of rotatable bonds is 7. The van der Waals surface area contributed by atoms with Crippen molar-refractivity contribution in [2.45, 2.75) is 38.3 Å². The summed E-state index contributed by atoms with van der Waals surface area (Å²) in [6, 6.07) is 8.68. The van der Waals surface area contributed by atoms with Crippen molar-refractivity contribution in [3.63, 3.8) is 0 Å². The number of fused-ring (bicyclic) bond motifs is 1. The first kappa shape index (κ1) is 23.2. The highest BCUT2D eigenvalue weighted by Crippen LogP contribution is 2.24. The molecule has 0 radical (unpaired) electrons. The Balaban J connectivity index is 1.25. The molecule has 0 atom stereocenters. The lowest BCUT2D eigenvalue weighted by Gasteiger charge is -2.33. The normalized spacial score (nSPS) is 17.7. The largest absolute Gasteiger partial charge is 0.493 e. The number of aromatic amines is 2. The van der Waals surface area contributed by atoms with Crippen LogP contribution in [0.3, 0.4) is 0 Å². The Labute approximate surface area is 211 Å². The molecule has 192 valence electrons. The maximum Gasteiger partial charge on any atom is 0.326 e. The fourth-order valence-electron chi connectivity index (χ4n) is 4.54. The zero-order valence-electron chi connectivity index (χ0n) is 20.3. The molecule has 1 saturated carbocycles. The molecule has 0 amide bonds. The van der Waals surface area contributed by atoms with Crippen LogP contribution in [0.1, 0.15) is 36.9 Å². The zero-order chi connectivity index (χ0) is 25.4. The molecule has 6 rings (SSSR count). The fraction of sp³-hybridized carbons (Fsp3) is 0.400. The Morgan fingerprint density at radius 2 is 1.89 bits per heavy atom. The molecule has 2 aliphatic rings. The van der Waals surface area contributed by atoms with E-state index < -0.39 is 5.69 Å². The van der Waals surface area contributed by atoms with Crippen LogP contribution in [0.5, 0.6) is 5.88 Å². The first-order valence-electron chi connectivity index (χ1n) is 12.6. The lowest BCUT2D eigenvalue weighted by Crippen LogP contribution is -2.34. The van der Waals surface area contributed by atoms with Crippen molar-refractivity contribution < 1.29 is 10.2 Å². The number of imidazole rings is 1. The van der Waals surface area contributed by atoms with E-state index in [2.05, 4.69) is 59.5 Å². The summed E-state index contributed by atoms with van der Waals surface area (Å²) in [6.07, 6.45) is 7.29. The van der Waals surface area contributed by atoms with Crippen LogP contribution in [0.25, 0.3) is 11.7 Å². The predicted octanol–water partition coefficient (Wildman–Crippen LogP) is 0.278. The summed E-state index contributed by atoms with van der Waals surface area (Å²) in [5.74, 6) is 0.586. The third-order valence-electron chi connectivity index (χ3n) is 6.88. The van der Waals surface area contributed by atoms with E-state index in [1.165, 1.54) is 5.69 Å². The molecule has 12 heteroatoms. The topological polar surface area (TPSA) is 160 Å². The molecule has 12 nitrogen and oxygen atoms in total. The molecule has 0 bridgehead atoms. The number of benzene rings is 1. The highest BCUT2D eigenvalue weighted by Gasteiger charge is 2.21. The molecule has 4 heterocycles. The molecule has 4 aromatic rings. The molecular formula is C25H29N9O3. The summed E-state index contributed by atoms with van der Waals surface area (Å²) in [7, 11) is 0. The second-order valence-electron chi connectivity index (χ2n) is 9.66. The predicted molar refractivity (Wildman–Crippen MR) is 137 cm³/mol. The molecule has 2 fully saturated rings. The first-order valence-corrected chi connectivity index (χ1v) is 12.6. The van der Waals surface area contributed by atoms with Crippen LogP contribution in [0.15, 0.2) is 40.2 Å². The quantitative estimate of drug-likeness (QED) is 0.240. The SMILES string of the molecule is O=c1[nH]c(O)c(C=c2cnn3c(=NC4CC4)nc(NCc4ccc(N5CCC(CO)CC5)cc4)nc23)[nH]1. The first-order chi connectivity index (χ1) is 18.1. The second kappa shape index (κ2) is 9.69. The number of nitrogens with zero attached hydrogens (tertiary/aromatic N) is 6. The van der Waals surface area contributed by atoms with Crippen molar-refractivity contribution in [2.24, 2.45) is 10.9 Å². The van der Waals surface area contributed by atoms with Gasteiger partial charge in [0.15, 0.2) is 5.65 Å². The van der Waals surface area contributed by atoms with Crippen LogP contribution in [0.2, 0.25) is 0 Å². The van der Waals surface area contributed by atoms with Gasteiger partial charge in [0.05, 0.1) is 12.2 Å². The number of piperidine rings is 1. The molecule has 37 heavy (non-hydrogen) atoms. The highest BCUT2D eigenvalue weighted by molar-refractivity contribution is 5.57. The molecule has 1 aromatic carbocycles. The van der Waals surface area contributed by atoms with Crippen LogP contribution in [-0.2, 0) is 6.54 Å². The molecular weight excluding hydrogens is 474 g/mol. The molecule has 5 N–H and O–H groups in total. The minimum absolute atomic E-state index is 0.239. The minimum atomic E-state index is -0.498. The number of aliphatic hydroxyl groups is 1. The van der Waals surface area contributed by atoms with Crippen molar-refractivity contribution in [1.29, 1.82) is 0 Å². The van der Waals surface area contributed by atoms with Gasteiger partial charge in [-0.15, -0.1) is 0 Å². The van der Waals surface area contributed by atoms with Gasteiger partial charge in [0.25, 0.3) is 5.62 Å². The number of aliphatic hydroxyl groups excluding tert-OH is 1. The van der Waals surface area contributed by atoms with Gasteiger partial charge in [0, 0.05) is 37.1 Å². The maximum absolute atomic E-state index is 11.5. The van der Waals surface area contributed by atoms with Crippen LogP contribution in [0.4, 0.5) is 11.6 Å². The van der Waals surface area contributed by atoms with Gasteiger partial charge in [0.2, 0.25) is 11.8 Å². The Kier molecular flexibility index (Phi) is 6.08. The number of hydrogen-bond acceptors (Lipinski definition) is 9. The van der Waals surface area contributed by atoms with E-state index in [4.69, 9.17) is 4.99 Å². The minimum Gasteiger partial charge on any atom is -0.493 e. The van der Waals surface area contributed by atoms with Crippen molar-refractivity contribution in [3.8, 4) is 5.88 Å². The summed E-state index contributed by atoms with van der Waals surface area (Å²) in [6.45, 7) is 2.73. The van der Waals surface area contributed by atoms with Gasteiger partial charge >= 0.3 is 5.69 Å². The molecule has 3 aromatic heterocycles. The fourth-order valence-corrected chi connectivity index (χ4v) is 4.54. The number of nitrogens with one attached hydrogen (secondary N) is 3. The number of H-pyrrole nitrogens is 2. The molecule has 1 aliphatic carbocycles. The van der Waals surface area contributed by atoms with Crippen LogP contribution >= 0.6 is 0 Å². The van der Waals surface area contributed by atoms with E-state index in [0.717, 1.165) is 44.3 Å². The van der Waals surface area contributed by atoms with Crippen LogP contribution in [-0.4, -0.2) is 65.5 Å².